The molecule has 3 rings (SSSR count). The summed E-state index contributed by atoms with van der Waals surface area (Å²) in [5.74, 6) is -0.158. The average molecular weight is 336 g/mol. The fourth-order valence-corrected chi connectivity index (χ4v) is 3.01. The Kier molecular flexibility index (Phi) is 5.30. The minimum absolute atomic E-state index is 0.0117. The van der Waals surface area contributed by atoms with Gasteiger partial charge in [-0.2, -0.15) is 0 Å². The number of halogens is 1. The summed E-state index contributed by atoms with van der Waals surface area (Å²) in [6.07, 6.45) is 1.61. The van der Waals surface area contributed by atoms with Gasteiger partial charge in [-0.1, -0.05) is 6.07 Å². The van der Waals surface area contributed by atoms with E-state index < -0.39 is 0 Å². The van der Waals surface area contributed by atoms with Gasteiger partial charge in [-0.25, -0.2) is 4.39 Å². The Balaban J connectivity index is 1.57. The highest BCUT2D eigenvalue weighted by atomic mass is 19.1. The van der Waals surface area contributed by atoms with Gasteiger partial charge in [0.25, 0.3) is 0 Å². The molecule has 1 aromatic carbocycles. The molecule has 2 aliphatic rings. The predicted molar refractivity (Wildman–Crippen MR) is 84.0 cm³/mol. The summed E-state index contributed by atoms with van der Waals surface area (Å²) in [5.41, 5.74) is 0. The fourth-order valence-electron chi connectivity index (χ4n) is 3.01. The van der Waals surface area contributed by atoms with Crippen LogP contribution < -0.4 is 10.1 Å². The normalized spacial score (nSPS) is 24.0. The van der Waals surface area contributed by atoms with Crippen LogP contribution in [0.25, 0.3) is 0 Å². The highest BCUT2D eigenvalue weighted by Gasteiger charge is 2.30. The largest absolute Gasteiger partial charge is 0.488 e. The summed E-state index contributed by atoms with van der Waals surface area (Å²) in [6.45, 7) is 1.54. The quantitative estimate of drug-likeness (QED) is 0.874. The van der Waals surface area contributed by atoms with Gasteiger partial charge in [-0.3, -0.25) is 9.59 Å². The molecule has 1 N–H and O–H groups in total. The van der Waals surface area contributed by atoms with Gasteiger partial charge < -0.3 is 19.7 Å². The lowest BCUT2D eigenvalue weighted by molar-refractivity contribution is -0.134. The van der Waals surface area contributed by atoms with Crippen LogP contribution in [-0.4, -0.2) is 55.2 Å². The summed E-state index contributed by atoms with van der Waals surface area (Å²) in [5, 5.41) is 2.87. The third kappa shape index (κ3) is 4.23. The van der Waals surface area contributed by atoms with Crippen molar-refractivity contribution in [3.63, 3.8) is 0 Å². The van der Waals surface area contributed by atoms with Crippen LogP contribution in [0.3, 0.4) is 0 Å². The Morgan fingerprint density at radius 3 is 3.08 bits per heavy atom. The van der Waals surface area contributed by atoms with Gasteiger partial charge in [0, 0.05) is 25.5 Å². The van der Waals surface area contributed by atoms with Crippen molar-refractivity contribution in [1.29, 1.82) is 0 Å². The third-order valence-electron chi connectivity index (χ3n) is 4.23. The Morgan fingerprint density at radius 2 is 2.33 bits per heavy atom. The molecule has 24 heavy (non-hydrogen) atoms. The molecular formula is C17H21FN2O4. The van der Waals surface area contributed by atoms with Crippen molar-refractivity contribution >= 4 is 11.8 Å². The molecule has 2 heterocycles. The highest BCUT2D eigenvalue weighted by Crippen LogP contribution is 2.19. The Hall–Kier alpha value is -2.15. The summed E-state index contributed by atoms with van der Waals surface area (Å²) in [4.78, 5) is 25.3. The molecule has 1 aromatic rings. The average Bonchev–Trinajstić information content (AvgIpc) is 2.94. The monoisotopic (exact) mass is 336 g/mol. The lowest BCUT2D eigenvalue weighted by Gasteiger charge is -2.32. The van der Waals surface area contributed by atoms with E-state index in [1.807, 2.05) is 0 Å². The molecular weight excluding hydrogens is 315 g/mol. The van der Waals surface area contributed by atoms with Crippen molar-refractivity contribution < 1.29 is 23.5 Å². The number of nitrogens with one attached hydrogen (secondary N) is 1. The van der Waals surface area contributed by atoms with E-state index in [4.69, 9.17) is 9.47 Å². The standard InChI is InChI=1S/C17H21FN2O4/c18-12-3-1-4-13(9-12)24-15-6-8-23-11-14(15)19-16(21)10-20-7-2-5-17(20)22/h1,3-4,9,14-15H,2,5-8,10-11H2,(H,19,21)/t14-,15+/m1/s1. The molecule has 2 atom stereocenters. The molecule has 0 unspecified atom stereocenters. The van der Waals surface area contributed by atoms with Crippen molar-refractivity contribution in [2.45, 2.75) is 31.4 Å². The van der Waals surface area contributed by atoms with E-state index in [2.05, 4.69) is 5.32 Å². The Morgan fingerprint density at radius 1 is 1.46 bits per heavy atom. The van der Waals surface area contributed by atoms with Crippen LogP contribution in [0.2, 0.25) is 0 Å². The van der Waals surface area contributed by atoms with Crippen LogP contribution in [0.5, 0.6) is 5.75 Å². The van der Waals surface area contributed by atoms with Crippen LogP contribution >= 0.6 is 0 Å². The zero-order chi connectivity index (χ0) is 16.9. The number of nitrogens with zero attached hydrogens (tertiary/aromatic N) is 1. The number of carbonyl (C=O) groups excluding carboxylic acids is 2. The Labute approximate surface area is 139 Å². The topological polar surface area (TPSA) is 67.9 Å². The highest BCUT2D eigenvalue weighted by molar-refractivity contribution is 5.86. The van der Waals surface area contributed by atoms with Crippen molar-refractivity contribution in [1.82, 2.24) is 10.2 Å². The second kappa shape index (κ2) is 7.61. The maximum absolute atomic E-state index is 13.3. The maximum atomic E-state index is 13.3. The number of hydrogen-bond donors (Lipinski definition) is 1. The number of amides is 2. The number of rotatable bonds is 5. The summed E-state index contributed by atoms with van der Waals surface area (Å²) < 4.78 is 24.5. The van der Waals surface area contributed by atoms with Crippen molar-refractivity contribution in [2.24, 2.45) is 0 Å². The Bertz CT molecular complexity index is 610. The summed E-state index contributed by atoms with van der Waals surface area (Å²) in [7, 11) is 0. The number of ether oxygens (including phenoxy) is 2. The van der Waals surface area contributed by atoms with E-state index in [1.165, 1.54) is 12.1 Å². The van der Waals surface area contributed by atoms with Crippen LogP contribution in [-0.2, 0) is 14.3 Å². The molecule has 2 aliphatic heterocycles. The molecule has 2 amide bonds. The van der Waals surface area contributed by atoms with Gasteiger partial charge in [0.2, 0.25) is 11.8 Å². The lowest BCUT2D eigenvalue weighted by Crippen LogP contribution is -2.53. The van der Waals surface area contributed by atoms with E-state index in [0.717, 1.165) is 6.42 Å². The first-order valence-corrected chi connectivity index (χ1v) is 8.19. The number of carbonyl (C=O) groups is 2. The van der Waals surface area contributed by atoms with E-state index in [-0.39, 0.29) is 36.3 Å². The second-order valence-electron chi connectivity index (χ2n) is 6.07. The van der Waals surface area contributed by atoms with E-state index >= 15 is 0 Å². The molecule has 130 valence electrons. The molecule has 0 spiro atoms. The number of likely N-dealkylation sites (tertiary alicyclic amines) is 1. The van der Waals surface area contributed by atoms with Crippen LogP contribution in [0, 0.1) is 5.82 Å². The van der Waals surface area contributed by atoms with Crippen LogP contribution in [0.1, 0.15) is 19.3 Å². The number of hydrogen-bond acceptors (Lipinski definition) is 4. The van der Waals surface area contributed by atoms with E-state index in [0.29, 0.717) is 38.3 Å². The zero-order valence-electron chi connectivity index (χ0n) is 13.4. The molecule has 6 nitrogen and oxygen atoms in total. The van der Waals surface area contributed by atoms with Gasteiger partial charge in [-0.05, 0) is 18.6 Å². The van der Waals surface area contributed by atoms with Crippen LogP contribution in [0.15, 0.2) is 24.3 Å². The van der Waals surface area contributed by atoms with Gasteiger partial charge >= 0.3 is 0 Å². The molecule has 0 radical (unpaired) electrons. The minimum Gasteiger partial charge on any atom is -0.488 e. The summed E-state index contributed by atoms with van der Waals surface area (Å²) in [6, 6.07) is 5.60. The fraction of sp³-hybridized carbons (Fsp3) is 0.529. The smallest absolute Gasteiger partial charge is 0.240 e. The van der Waals surface area contributed by atoms with Gasteiger partial charge in [0.15, 0.2) is 0 Å². The van der Waals surface area contributed by atoms with Crippen molar-refractivity contribution in [3.05, 3.63) is 30.1 Å². The molecule has 0 bridgehead atoms. The minimum atomic E-state index is -0.368. The SMILES string of the molecule is O=C(CN1CCCC1=O)N[C@@H]1COCC[C@@H]1Oc1cccc(F)c1. The molecule has 7 heteroatoms. The third-order valence-corrected chi connectivity index (χ3v) is 4.23. The number of benzene rings is 1. The maximum Gasteiger partial charge on any atom is 0.240 e. The molecule has 0 aromatic heterocycles. The van der Waals surface area contributed by atoms with Crippen LogP contribution in [0.4, 0.5) is 4.39 Å². The van der Waals surface area contributed by atoms with Crippen molar-refractivity contribution in [2.75, 3.05) is 26.3 Å². The van der Waals surface area contributed by atoms with Gasteiger partial charge in [0.1, 0.15) is 17.7 Å². The summed E-state index contributed by atoms with van der Waals surface area (Å²) >= 11 is 0. The van der Waals surface area contributed by atoms with Gasteiger partial charge in [-0.15, -0.1) is 0 Å². The van der Waals surface area contributed by atoms with Gasteiger partial charge in [0.05, 0.1) is 25.8 Å². The second-order valence-corrected chi connectivity index (χ2v) is 6.07. The molecule has 0 aliphatic carbocycles. The predicted octanol–water partition coefficient (Wildman–Crippen LogP) is 1.10. The lowest BCUT2D eigenvalue weighted by atomic mass is 10.1. The molecule has 2 fully saturated rings. The first-order valence-electron chi connectivity index (χ1n) is 8.19. The first kappa shape index (κ1) is 16.7. The van der Waals surface area contributed by atoms with E-state index in [9.17, 15) is 14.0 Å². The molecule has 0 saturated carbocycles. The first-order chi connectivity index (χ1) is 11.6. The molecule has 2 saturated heterocycles. The zero-order valence-corrected chi connectivity index (χ0v) is 13.4. The van der Waals surface area contributed by atoms with Crippen molar-refractivity contribution in [3.8, 4) is 5.75 Å². The van der Waals surface area contributed by atoms with E-state index in [1.54, 1.807) is 17.0 Å².